The van der Waals surface area contributed by atoms with Crippen LogP contribution in [0, 0.1) is 6.92 Å². The lowest BCUT2D eigenvalue weighted by atomic mass is 10.1. The van der Waals surface area contributed by atoms with Crippen molar-refractivity contribution in [3.8, 4) is 11.6 Å². The van der Waals surface area contributed by atoms with Crippen molar-refractivity contribution in [1.82, 2.24) is 25.2 Å². The van der Waals surface area contributed by atoms with Crippen LogP contribution in [0.4, 0.5) is 0 Å². The molecule has 4 rings (SSSR count). The fraction of sp³-hybridized carbons (Fsp3) is 0.400. The van der Waals surface area contributed by atoms with Gasteiger partial charge in [-0.15, -0.1) is 0 Å². The molecule has 1 unspecified atom stereocenters. The van der Waals surface area contributed by atoms with Gasteiger partial charge in [-0.3, -0.25) is 4.57 Å². The van der Waals surface area contributed by atoms with Gasteiger partial charge in [0.1, 0.15) is 24.5 Å². The summed E-state index contributed by atoms with van der Waals surface area (Å²) in [7, 11) is 0. The number of benzene rings is 1. The Morgan fingerprint density at radius 3 is 2.94 bits per heavy atom. The predicted molar refractivity (Wildman–Crippen MR) is 129 cm³/mol. The third kappa shape index (κ3) is 6.55. The predicted octanol–water partition coefficient (Wildman–Crippen LogP) is 3.39. The molecule has 33 heavy (non-hydrogen) atoms. The third-order valence-corrected chi connectivity index (χ3v) is 5.46. The van der Waals surface area contributed by atoms with Crippen molar-refractivity contribution in [2.24, 2.45) is 4.99 Å². The number of aryl methyl sites for hydroxylation is 1. The Kier molecular flexibility index (Phi) is 7.92. The van der Waals surface area contributed by atoms with Gasteiger partial charge in [-0.1, -0.05) is 18.2 Å². The first-order chi connectivity index (χ1) is 16.2. The van der Waals surface area contributed by atoms with Gasteiger partial charge < -0.3 is 20.1 Å². The summed E-state index contributed by atoms with van der Waals surface area (Å²) in [6.45, 7) is 7.48. The average Bonchev–Trinajstić information content (AvgIpc) is 3.55. The largest absolute Gasteiger partial charge is 0.491 e. The van der Waals surface area contributed by atoms with Crippen molar-refractivity contribution in [2.45, 2.75) is 45.9 Å². The second-order valence-electron chi connectivity index (χ2n) is 8.10. The van der Waals surface area contributed by atoms with Gasteiger partial charge in [0, 0.05) is 43.9 Å². The number of pyridine rings is 1. The van der Waals surface area contributed by atoms with E-state index in [9.17, 15) is 0 Å². The van der Waals surface area contributed by atoms with Gasteiger partial charge in [-0.25, -0.2) is 15.0 Å². The number of guanidine groups is 1. The van der Waals surface area contributed by atoms with E-state index in [1.165, 1.54) is 5.56 Å². The monoisotopic (exact) mass is 448 g/mol. The summed E-state index contributed by atoms with van der Waals surface area (Å²) in [5, 5.41) is 6.73. The molecule has 1 saturated heterocycles. The number of aromatic nitrogens is 3. The minimum atomic E-state index is 0.193. The van der Waals surface area contributed by atoms with Gasteiger partial charge in [0.2, 0.25) is 0 Å². The van der Waals surface area contributed by atoms with Crippen LogP contribution in [0.1, 0.15) is 36.5 Å². The third-order valence-electron chi connectivity index (χ3n) is 5.46. The second-order valence-corrected chi connectivity index (χ2v) is 8.10. The van der Waals surface area contributed by atoms with Crippen molar-refractivity contribution in [3.63, 3.8) is 0 Å². The Morgan fingerprint density at radius 2 is 2.21 bits per heavy atom. The number of nitrogens with zero attached hydrogens (tertiary/aromatic N) is 4. The topological polar surface area (TPSA) is 85.6 Å². The van der Waals surface area contributed by atoms with Crippen LogP contribution >= 0.6 is 0 Å². The highest BCUT2D eigenvalue weighted by Gasteiger charge is 2.17. The Hall–Kier alpha value is -3.39. The van der Waals surface area contributed by atoms with E-state index in [-0.39, 0.29) is 6.10 Å². The number of hydrogen-bond acceptors (Lipinski definition) is 5. The molecule has 3 heterocycles. The summed E-state index contributed by atoms with van der Waals surface area (Å²) in [6, 6.07) is 10.3. The molecular formula is C25H32N6O2. The van der Waals surface area contributed by atoms with Crippen LogP contribution in [0.25, 0.3) is 5.82 Å². The Bertz CT molecular complexity index is 1030. The Morgan fingerprint density at radius 1 is 1.27 bits per heavy atom. The molecule has 0 aliphatic carbocycles. The van der Waals surface area contributed by atoms with Crippen LogP contribution in [0.3, 0.4) is 0 Å². The first-order valence-electron chi connectivity index (χ1n) is 11.5. The molecule has 0 radical (unpaired) electrons. The molecule has 1 atom stereocenters. The summed E-state index contributed by atoms with van der Waals surface area (Å²) >= 11 is 0. The molecule has 1 aliphatic heterocycles. The van der Waals surface area contributed by atoms with Crippen molar-refractivity contribution >= 4 is 5.96 Å². The van der Waals surface area contributed by atoms with Crippen molar-refractivity contribution in [3.05, 3.63) is 71.9 Å². The fourth-order valence-electron chi connectivity index (χ4n) is 3.65. The quantitative estimate of drug-likeness (QED) is 0.386. The van der Waals surface area contributed by atoms with E-state index in [4.69, 9.17) is 14.5 Å². The maximum absolute atomic E-state index is 6.13. The van der Waals surface area contributed by atoms with E-state index >= 15 is 0 Å². The molecule has 8 heteroatoms. The Balaban J connectivity index is 1.37. The lowest BCUT2D eigenvalue weighted by Crippen LogP contribution is -2.37. The van der Waals surface area contributed by atoms with Crippen molar-refractivity contribution in [1.29, 1.82) is 0 Å². The minimum Gasteiger partial charge on any atom is -0.491 e. The minimum absolute atomic E-state index is 0.193. The molecule has 0 bridgehead atoms. The van der Waals surface area contributed by atoms with Crippen LogP contribution in [-0.4, -0.2) is 46.4 Å². The highest BCUT2D eigenvalue weighted by Crippen LogP contribution is 2.22. The summed E-state index contributed by atoms with van der Waals surface area (Å²) in [4.78, 5) is 13.3. The molecule has 2 aromatic heterocycles. The molecule has 0 amide bonds. The molecule has 1 fully saturated rings. The van der Waals surface area contributed by atoms with Gasteiger partial charge in [-0.2, -0.15) is 0 Å². The average molecular weight is 449 g/mol. The van der Waals surface area contributed by atoms with Crippen LogP contribution < -0.4 is 15.4 Å². The zero-order valence-electron chi connectivity index (χ0n) is 19.3. The van der Waals surface area contributed by atoms with Crippen LogP contribution in [0.15, 0.2) is 60.2 Å². The molecule has 174 valence electrons. The molecule has 2 N–H and O–H groups in total. The van der Waals surface area contributed by atoms with Crippen molar-refractivity contribution in [2.75, 3.05) is 19.8 Å². The molecule has 3 aromatic rings. The summed E-state index contributed by atoms with van der Waals surface area (Å²) in [5.41, 5.74) is 3.30. The lowest BCUT2D eigenvalue weighted by Gasteiger charge is -2.17. The van der Waals surface area contributed by atoms with E-state index in [0.717, 1.165) is 54.6 Å². The van der Waals surface area contributed by atoms with E-state index in [1.54, 1.807) is 12.5 Å². The van der Waals surface area contributed by atoms with Gasteiger partial charge in [0.05, 0.1) is 12.6 Å². The van der Waals surface area contributed by atoms with E-state index < -0.39 is 0 Å². The second kappa shape index (κ2) is 11.5. The first-order valence-corrected chi connectivity index (χ1v) is 11.5. The Labute approximate surface area is 195 Å². The summed E-state index contributed by atoms with van der Waals surface area (Å²) in [6.07, 6.45) is 9.56. The van der Waals surface area contributed by atoms with Gasteiger partial charge >= 0.3 is 0 Å². The van der Waals surface area contributed by atoms with E-state index in [0.29, 0.717) is 19.7 Å². The van der Waals surface area contributed by atoms with Crippen molar-refractivity contribution < 1.29 is 9.47 Å². The normalized spacial score (nSPS) is 16.1. The molecule has 0 spiro atoms. The SMILES string of the molecule is CCNC(=NCc1ccc(-n2ccnc2)nc1)NCc1ccc(C)cc1OCC1CCCO1. The van der Waals surface area contributed by atoms with Crippen LogP contribution in [-0.2, 0) is 17.8 Å². The van der Waals surface area contributed by atoms with E-state index in [1.807, 2.05) is 29.1 Å². The summed E-state index contributed by atoms with van der Waals surface area (Å²) in [5.74, 6) is 2.48. The highest BCUT2D eigenvalue weighted by molar-refractivity contribution is 5.79. The van der Waals surface area contributed by atoms with Crippen LogP contribution in [0.5, 0.6) is 5.75 Å². The highest BCUT2D eigenvalue weighted by atomic mass is 16.5. The zero-order valence-corrected chi connectivity index (χ0v) is 19.3. The molecular weight excluding hydrogens is 416 g/mol. The number of ether oxygens (including phenoxy) is 2. The molecule has 1 aromatic carbocycles. The standard InChI is InChI=1S/C25H32N6O2/c1-3-27-25(29-15-20-7-9-24(28-14-20)31-11-10-26-18-31)30-16-21-8-6-19(2)13-23(21)33-17-22-5-4-12-32-22/h6-11,13-14,18,22H,3-5,12,15-17H2,1-2H3,(H2,27,29,30). The zero-order chi connectivity index (χ0) is 22.9. The fourth-order valence-corrected chi connectivity index (χ4v) is 3.65. The molecule has 8 nitrogen and oxygen atoms in total. The van der Waals surface area contributed by atoms with Gasteiger partial charge in [-0.05, 0) is 49.9 Å². The van der Waals surface area contributed by atoms with Gasteiger partial charge in [0.25, 0.3) is 0 Å². The number of rotatable bonds is 9. The number of nitrogens with one attached hydrogen (secondary N) is 2. The maximum atomic E-state index is 6.13. The van der Waals surface area contributed by atoms with Crippen LogP contribution in [0.2, 0.25) is 0 Å². The van der Waals surface area contributed by atoms with E-state index in [2.05, 4.69) is 52.6 Å². The molecule has 0 saturated carbocycles. The number of aliphatic imine (C=N–C) groups is 1. The smallest absolute Gasteiger partial charge is 0.191 e. The number of hydrogen-bond donors (Lipinski definition) is 2. The van der Waals surface area contributed by atoms with Gasteiger partial charge in [0.15, 0.2) is 5.96 Å². The number of imidazole rings is 1. The lowest BCUT2D eigenvalue weighted by molar-refractivity contribution is 0.0676. The summed E-state index contributed by atoms with van der Waals surface area (Å²) < 4.78 is 13.7. The first kappa shape index (κ1) is 22.8. The molecule has 1 aliphatic rings. The maximum Gasteiger partial charge on any atom is 0.191 e.